The van der Waals surface area contributed by atoms with E-state index in [4.69, 9.17) is 0 Å². The number of rotatable bonds is 5. The number of hydrogen-bond acceptors (Lipinski definition) is 4. The molecule has 25 heavy (non-hydrogen) atoms. The molecule has 1 amide bonds. The Morgan fingerprint density at radius 1 is 1.04 bits per heavy atom. The lowest BCUT2D eigenvalue weighted by Gasteiger charge is -2.15. The van der Waals surface area contributed by atoms with Gasteiger partial charge in [-0.1, -0.05) is 36.4 Å². The smallest absolute Gasteiger partial charge is 0.267 e. The summed E-state index contributed by atoms with van der Waals surface area (Å²) in [5.41, 5.74) is 3.53. The van der Waals surface area contributed by atoms with Crippen LogP contribution in [0.15, 0.2) is 64.6 Å². The number of benzene rings is 2. The molecule has 0 unspecified atom stereocenters. The van der Waals surface area contributed by atoms with E-state index in [0.717, 1.165) is 18.4 Å². The van der Waals surface area contributed by atoms with E-state index in [1.165, 1.54) is 22.7 Å². The summed E-state index contributed by atoms with van der Waals surface area (Å²) in [5, 5.41) is 3.90. The molecule has 0 atom stereocenters. The maximum absolute atomic E-state index is 12.6. The van der Waals surface area contributed by atoms with Gasteiger partial charge in [0.05, 0.1) is 11.1 Å². The molecule has 2 aromatic rings. The van der Waals surface area contributed by atoms with Crippen LogP contribution in [0.25, 0.3) is 0 Å². The third-order valence-corrected chi connectivity index (χ3v) is 5.87. The number of nitrogens with one attached hydrogen (secondary N) is 1. The summed E-state index contributed by atoms with van der Waals surface area (Å²) >= 11 is 0. The number of carbonyl (C=O) groups is 1. The standard InChI is InChI=1S/C18H19N3O3S/c22-18(20-19-14-15-7-2-1-3-8-15)16-9-6-10-17(13-16)25(23,24)21-11-4-5-12-21/h1-3,6-10,13-14H,4-5,11-12H2,(H,20,22)/b19-14-. The van der Waals surface area contributed by atoms with Crippen molar-refractivity contribution in [1.82, 2.24) is 9.73 Å². The van der Waals surface area contributed by atoms with E-state index in [2.05, 4.69) is 10.5 Å². The predicted molar refractivity (Wildman–Crippen MR) is 95.9 cm³/mol. The Morgan fingerprint density at radius 2 is 1.76 bits per heavy atom. The quantitative estimate of drug-likeness (QED) is 0.658. The summed E-state index contributed by atoms with van der Waals surface area (Å²) in [6.45, 7) is 1.06. The van der Waals surface area contributed by atoms with Crippen LogP contribution in [0.3, 0.4) is 0 Å². The SMILES string of the molecule is O=C(N/N=C\c1ccccc1)c1cccc(S(=O)(=O)N2CCCC2)c1. The lowest BCUT2D eigenvalue weighted by Crippen LogP contribution is -2.28. The highest BCUT2D eigenvalue weighted by atomic mass is 32.2. The van der Waals surface area contributed by atoms with Gasteiger partial charge in [-0.3, -0.25) is 4.79 Å². The Bertz CT molecular complexity index is 873. The van der Waals surface area contributed by atoms with E-state index < -0.39 is 15.9 Å². The number of sulfonamides is 1. The minimum absolute atomic E-state index is 0.133. The second kappa shape index (κ2) is 7.58. The first-order valence-corrected chi connectivity index (χ1v) is 9.50. The van der Waals surface area contributed by atoms with Gasteiger partial charge in [0.15, 0.2) is 0 Å². The minimum atomic E-state index is -3.54. The Balaban J connectivity index is 1.72. The number of amides is 1. The van der Waals surface area contributed by atoms with Crippen molar-refractivity contribution in [2.24, 2.45) is 5.10 Å². The Labute approximate surface area is 147 Å². The first-order valence-electron chi connectivity index (χ1n) is 8.06. The molecule has 7 heteroatoms. The van der Waals surface area contributed by atoms with Crippen LogP contribution in [0, 0.1) is 0 Å². The number of hydrogen-bond donors (Lipinski definition) is 1. The maximum Gasteiger partial charge on any atom is 0.271 e. The van der Waals surface area contributed by atoms with Crippen molar-refractivity contribution in [3.63, 3.8) is 0 Å². The van der Waals surface area contributed by atoms with Crippen LogP contribution in [-0.4, -0.2) is 37.9 Å². The second-order valence-electron chi connectivity index (χ2n) is 5.75. The van der Waals surface area contributed by atoms with Crippen LogP contribution >= 0.6 is 0 Å². The molecule has 0 spiro atoms. The monoisotopic (exact) mass is 357 g/mol. The normalized spacial score (nSPS) is 15.5. The largest absolute Gasteiger partial charge is 0.271 e. The van der Waals surface area contributed by atoms with Gasteiger partial charge in [-0.15, -0.1) is 0 Å². The zero-order valence-corrected chi connectivity index (χ0v) is 14.4. The Kier molecular flexibility index (Phi) is 5.25. The maximum atomic E-state index is 12.6. The molecule has 1 heterocycles. The van der Waals surface area contributed by atoms with Gasteiger partial charge in [0.2, 0.25) is 10.0 Å². The van der Waals surface area contributed by atoms with E-state index in [1.807, 2.05) is 30.3 Å². The van der Waals surface area contributed by atoms with Gasteiger partial charge in [-0.25, -0.2) is 13.8 Å². The number of hydrazone groups is 1. The summed E-state index contributed by atoms with van der Waals surface area (Å²) in [5.74, 6) is -0.453. The molecular weight excluding hydrogens is 338 g/mol. The van der Waals surface area contributed by atoms with E-state index in [0.29, 0.717) is 13.1 Å². The molecule has 0 aliphatic carbocycles. The highest BCUT2D eigenvalue weighted by Crippen LogP contribution is 2.21. The third-order valence-electron chi connectivity index (χ3n) is 3.98. The zero-order valence-electron chi connectivity index (χ0n) is 13.6. The first-order chi connectivity index (χ1) is 12.1. The highest BCUT2D eigenvalue weighted by Gasteiger charge is 2.27. The minimum Gasteiger partial charge on any atom is -0.267 e. The van der Waals surface area contributed by atoms with Crippen molar-refractivity contribution in [2.75, 3.05) is 13.1 Å². The van der Waals surface area contributed by atoms with Crippen LogP contribution in [0.5, 0.6) is 0 Å². The summed E-state index contributed by atoms with van der Waals surface area (Å²) in [6.07, 6.45) is 3.27. The molecule has 1 aliphatic heterocycles. The average Bonchev–Trinajstić information content (AvgIpc) is 3.18. The predicted octanol–water partition coefficient (Wildman–Crippen LogP) is 2.24. The van der Waals surface area contributed by atoms with E-state index in [9.17, 15) is 13.2 Å². The van der Waals surface area contributed by atoms with Crippen molar-refractivity contribution < 1.29 is 13.2 Å². The molecule has 0 radical (unpaired) electrons. The van der Waals surface area contributed by atoms with Gasteiger partial charge in [-0.2, -0.15) is 9.41 Å². The van der Waals surface area contributed by atoms with Gasteiger partial charge in [0.1, 0.15) is 0 Å². The van der Waals surface area contributed by atoms with Gasteiger partial charge < -0.3 is 0 Å². The number of carbonyl (C=O) groups excluding carboxylic acids is 1. The molecule has 0 saturated carbocycles. The summed E-state index contributed by atoms with van der Waals surface area (Å²) in [4.78, 5) is 12.3. The fourth-order valence-electron chi connectivity index (χ4n) is 2.64. The third kappa shape index (κ3) is 4.12. The lowest BCUT2D eigenvalue weighted by atomic mass is 10.2. The van der Waals surface area contributed by atoms with Crippen LogP contribution < -0.4 is 5.43 Å². The molecule has 3 rings (SSSR count). The summed E-state index contributed by atoms with van der Waals surface area (Å²) in [7, 11) is -3.54. The van der Waals surface area contributed by atoms with Gasteiger partial charge in [0, 0.05) is 18.7 Å². The second-order valence-corrected chi connectivity index (χ2v) is 7.69. The van der Waals surface area contributed by atoms with Crippen molar-refractivity contribution in [2.45, 2.75) is 17.7 Å². The molecule has 0 aromatic heterocycles. The number of nitrogens with zero attached hydrogens (tertiary/aromatic N) is 2. The Hall–Kier alpha value is -2.51. The zero-order chi connectivity index (χ0) is 17.7. The molecular formula is C18H19N3O3S. The van der Waals surface area contributed by atoms with Gasteiger partial charge in [0.25, 0.3) is 5.91 Å². The topological polar surface area (TPSA) is 78.8 Å². The molecule has 1 saturated heterocycles. The van der Waals surface area contributed by atoms with E-state index in [1.54, 1.807) is 12.1 Å². The van der Waals surface area contributed by atoms with E-state index in [-0.39, 0.29) is 10.5 Å². The molecule has 0 bridgehead atoms. The van der Waals surface area contributed by atoms with E-state index >= 15 is 0 Å². The van der Waals surface area contributed by atoms with Crippen molar-refractivity contribution in [3.05, 3.63) is 65.7 Å². The van der Waals surface area contributed by atoms with Crippen LogP contribution in [-0.2, 0) is 10.0 Å². The molecule has 6 nitrogen and oxygen atoms in total. The van der Waals surface area contributed by atoms with Crippen LogP contribution in [0.2, 0.25) is 0 Å². The van der Waals surface area contributed by atoms with Crippen molar-refractivity contribution in [1.29, 1.82) is 0 Å². The first kappa shape index (κ1) is 17.3. The molecule has 2 aromatic carbocycles. The average molecular weight is 357 g/mol. The fraction of sp³-hybridized carbons (Fsp3) is 0.222. The van der Waals surface area contributed by atoms with Gasteiger partial charge in [-0.05, 0) is 36.6 Å². The summed E-state index contributed by atoms with van der Waals surface area (Å²) in [6, 6.07) is 15.4. The lowest BCUT2D eigenvalue weighted by molar-refractivity contribution is 0.0955. The van der Waals surface area contributed by atoms with Crippen molar-refractivity contribution in [3.8, 4) is 0 Å². The van der Waals surface area contributed by atoms with Gasteiger partial charge >= 0.3 is 0 Å². The molecule has 1 fully saturated rings. The fourth-order valence-corrected chi connectivity index (χ4v) is 4.21. The summed E-state index contributed by atoms with van der Waals surface area (Å²) < 4.78 is 26.6. The Morgan fingerprint density at radius 3 is 2.48 bits per heavy atom. The molecule has 1 N–H and O–H groups in total. The molecule has 1 aliphatic rings. The van der Waals surface area contributed by atoms with Crippen LogP contribution in [0.1, 0.15) is 28.8 Å². The van der Waals surface area contributed by atoms with Crippen molar-refractivity contribution >= 4 is 22.1 Å². The highest BCUT2D eigenvalue weighted by molar-refractivity contribution is 7.89. The molecule has 130 valence electrons. The van der Waals surface area contributed by atoms with Crippen LogP contribution in [0.4, 0.5) is 0 Å².